The molecule has 18 heteroatoms. The number of aliphatic carboxylic acids is 1. The fraction of sp³-hybridized carbons (Fsp3) is 0.485. The van der Waals surface area contributed by atoms with E-state index in [1.54, 1.807) is 0 Å². The molecule has 15 nitrogen and oxygen atoms in total. The van der Waals surface area contributed by atoms with Crippen LogP contribution in [0.25, 0.3) is 0 Å². The molecule has 0 aliphatic carbocycles. The fourth-order valence-corrected chi connectivity index (χ4v) is 8.89. The molecule has 4 heterocycles. The van der Waals surface area contributed by atoms with Crippen molar-refractivity contribution in [2.24, 2.45) is 11.1 Å². The van der Waals surface area contributed by atoms with Crippen molar-refractivity contribution in [2.75, 3.05) is 37.7 Å². The number of hydrogen-bond acceptors (Lipinski definition) is 14. The topological polar surface area (TPSA) is 219 Å². The van der Waals surface area contributed by atoms with E-state index >= 15 is 0 Å². The minimum atomic E-state index is -1.49. The zero-order valence-electron chi connectivity index (χ0n) is 28.0. The van der Waals surface area contributed by atoms with Crippen LogP contribution in [0.1, 0.15) is 68.4 Å². The Bertz CT molecular complexity index is 1790. The number of aromatic nitrogens is 1. The Balaban J connectivity index is 1.26. The van der Waals surface area contributed by atoms with Crippen LogP contribution in [0.2, 0.25) is 5.02 Å². The van der Waals surface area contributed by atoms with Crippen molar-refractivity contribution >= 4 is 75.5 Å². The zero-order valence-corrected chi connectivity index (χ0v) is 30.4. The fourth-order valence-electron chi connectivity index (χ4n) is 6.67. The van der Waals surface area contributed by atoms with Gasteiger partial charge in [0.2, 0.25) is 5.91 Å². The monoisotopic (exact) mass is 764 g/mol. The number of nitrogen functional groups attached to an aromatic ring is 1. The number of quaternary nitrogens is 1. The number of nitrogens with zero attached hydrogens (tertiary/aromatic N) is 4. The molecular formula is C33H39ClN5O10S2+. The van der Waals surface area contributed by atoms with Crippen LogP contribution in [0.5, 0.6) is 11.5 Å². The highest BCUT2D eigenvalue weighted by Gasteiger charge is 2.55. The van der Waals surface area contributed by atoms with Gasteiger partial charge in [-0.1, -0.05) is 16.8 Å². The summed E-state index contributed by atoms with van der Waals surface area (Å²) in [6.07, 6.45) is 3.07. The van der Waals surface area contributed by atoms with E-state index in [0.29, 0.717) is 41.7 Å². The van der Waals surface area contributed by atoms with Gasteiger partial charge in [-0.25, -0.2) is 9.78 Å². The summed E-state index contributed by atoms with van der Waals surface area (Å²) in [6, 6.07) is 2.60. The van der Waals surface area contributed by atoms with E-state index in [9.17, 15) is 39.3 Å². The lowest BCUT2D eigenvalue weighted by molar-refractivity contribution is -0.912. The molecule has 2 saturated heterocycles. The first-order valence-corrected chi connectivity index (χ1v) is 18.6. The normalized spacial score (nSPS) is 20.1. The lowest BCUT2D eigenvalue weighted by Crippen LogP contribution is -2.62. The van der Waals surface area contributed by atoms with E-state index in [1.165, 1.54) is 48.0 Å². The Morgan fingerprint density at radius 2 is 1.94 bits per heavy atom. The molecule has 274 valence electrons. The summed E-state index contributed by atoms with van der Waals surface area (Å²) in [6.45, 7) is 5.84. The molecule has 2 atom stereocenters. The van der Waals surface area contributed by atoms with Gasteiger partial charge in [0, 0.05) is 61.8 Å². The molecule has 2 fully saturated rings. The number of amides is 1. The largest absolute Gasteiger partial charge is 0.504 e. The van der Waals surface area contributed by atoms with Crippen LogP contribution in [0, 0.1) is 5.92 Å². The lowest BCUT2D eigenvalue weighted by Gasteiger charge is -2.50. The van der Waals surface area contributed by atoms with Gasteiger partial charge in [-0.2, -0.15) is 0 Å². The van der Waals surface area contributed by atoms with E-state index in [4.69, 9.17) is 26.9 Å². The van der Waals surface area contributed by atoms with Crippen molar-refractivity contribution < 1.29 is 53.3 Å². The molecule has 1 aromatic heterocycles. The number of carbonyl (C=O) groups excluding carboxylic acids is 4. The van der Waals surface area contributed by atoms with E-state index in [-0.39, 0.29) is 57.9 Å². The van der Waals surface area contributed by atoms with E-state index < -0.39 is 46.2 Å². The molecule has 0 spiro atoms. The number of rotatable bonds is 17. The molecule has 5 rings (SSSR count). The molecule has 0 unspecified atom stereocenters. The molecule has 51 heavy (non-hydrogen) atoms. The Morgan fingerprint density at radius 3 is 2.59 bits per heavy atom. The number of thiazole rings is 1. The number of Topliss-reactive ketones (excluding diaryl/α,β-unsaturated/α-hetero) is 2. The molecule has 0 bridgehead atoms. The average molecular weight is 765 g/mol. The van der Waals surface area contributed by atoms with Gasteiger partial charge in [-0.15, -0.1) is 23.1 Å². The second kappa shape index (κ2) is 15.6. The van der Waals surface area contributed by atoms with Gasteiger partial charge in [-0.05, 0) is 25.0 Å². The third-order valence-electron chi connectivity index (χ3n) is 9.21. The first-order chi connectivity index (χ1) is 24.2. The number of unbranched alkanes of at least 4 members (excludes halogenated alkanes) is 1. The van der Waals surface area contributed by atoms with Crippen LogP contribution in [0.4, 0.5) is 5.13 Å². The molecule has 1 aromatic carbocycles. The van der Waals surface area contributed by atoms with Crippen molar-refractivity contribution in [2.45, 2.75) is 63.5 Å². The smallest absolute Gasteiger partial charge is 0.352 e. The van der Waals surface area contributed by atoms with Crippen LogP contribution in [0.3, 0.4) is 0 Å². The van der Waals surface area contributed by atoms with E-state index in [0.717, 1.165) is 37.3 Å². The molecule has 3 aliphatic heterocycles. The maximum atomic E-state index is 13.6. The van der Waals surface area contributed by atoms with Crippen LogP contribution in [-0.2, 0) is 28.8 Å². The van der Waals surface area contributed by atoms with Crippen molar-refractivity contribution in [3.05, 3.63) is 45.1 Å². The number of anilines is 1. The summed E-state index contributed by atoms with van der Waals surface area (Å²) in [7, 11) is 0. The second-order valence-corrected chi connectivity index (χ2v) is 15.5. The third-order valence-corrected chi connectivity index (χ3v) is 11.7. The number of hydrogen-bond donors (Lipinski definition) is 4. The minimum Gasteiger partial charge on any atom is -0.504 e. The van der Waals surface area contributed by atoms with Gasteiger partial charge in [0.05, 0.1) is 35.9 Å². The Kier molecular flexibility index (Phi) is 11.6. The van der Waals surface area contributed by atoms with Gasteiger partial charge in [-0.3, -0.25) is 24.1 Å². The van der Waals surface area contributed by atoms with Crippen LogP contribution in [0.15, 0.2) is 33.9 Å². The van der Waals surface area contributed by atoms with E-state index in [2.05, 4.69) is 10.1 Å². The molecular weight excluding hydrogens is 726 g/mol. The summed E-state index contributed by atoms with van der Waals surface area (Å²) in [5, 5.41) is 34.7. The highest BCUT2D eigenvalue weighted by atomic mass is 35.5. The van der Waals surface area contributed by atoms with Crippen molar-refractivity contribution in [1.29, 1.82) is 0 Å². The Morgan fingerprint density at radius 1 is 1.22 bits per heavy atom. The summed E-state index contributed by atoms with van der Waals surface area (Å²) in [4.78, 5) is 74.1. The number of fused-ring (bicyclic) bond motifs is 1. The number of aromatic hydroxyl groups is 2. The SMILES string of the molecule is CC(C)(OC=O)O/N=C(/C(=O)C[C@@H]1C(=O)N2C(C(=O)O)=C(C[N+]3(CCCCC(=O)c4ccc(O)c(O)c4Cl)CCCC3)CS[C@H]12)c1csc(N)n1. The maximum Gasteiger partial charge on any atom is 0.352 e. The van der Waals surface area contributed by atoms with Gasteiger partial charge in [0.25, 0.3) is 12.3 Å². The summed E-state index contributed by atoms with van der Waals surface area (Å²) < 4.78 is 5.48. The number of carboxylic acid groups (broad SMARTS) is 1. The number of nitrogens with two attached hydrogens (primary N) is 1. The number of likely N-dealkylation sites (tertiary alicyclic amines) is 1. The molecule has 5 N–H and O–H groups in total. The number of ether oxygens (including phenoxy) is 1. The summed E-state index contributed by atoms with van der Waals surface area (Å²) in [5.41, 5.74) is 6.43. The standard InChI is InChI=1S/C33H38ClN5O10S2/c1-33(2,48-17-40)49-37-26(21-16-51-32(35)36-21)24(43)13-20-29(45)38-27(31(46)47)18(15-50-30(20)38)14-39(11-5-6-12-39)10-4-3-7-22(41)19-8-9-23(42)28(44)25(19)34/h8-9,16-17,20,30H,3-7,10-15H2,1-2H3,(H4-,35,36,37,41,42,43,44,46,47)/p+1/t20-,30-/m1/s1. The highest BCUT2D eigenvalue weighted by molar-refractivity contribution is 8.00. The maximum absolute atomic E-state index is 13.6. The number of phenols is 2. The average Bonchev–Trinajstić information content (AvgIpc) is 3.73. The van der Waals surface area contributed by atoms with Crippen molar-refractivity contribution in [1.82, 2.24) is 9.88 Å². The number of benzene rings is 1. The first-order valence-electron chi connectivity index (χ1n) is 16.3. The number of ketones is 2. The number of oxime groups is 1. The minimum absolute atomic E-state index is 0.0499. The lowest BCUT2D eigenvalue weighted by atomic mass is 9.89. The second-order valence-electron chi connectivity index (χ2n) is 13.2. The van der Waals surface area contributed by atoms with Gasteiger partial charge >= 0.3 is 5.97 Å². The molecule has 1 amide bonds. The van der Waals surface area contributed by atoms with Gasteiger partial charge in [0.15, 0.2) is 33.9 Å². The quantitative estimate of drug-likeness (QED) is 0.0207. The molecule has 0 saturated carbocycles. The van der Waals surface area contributed by atoms with Crippen LogP contribution < -0.4 is 5.73 Å². The van der Waals surface area contributed by atoms with E-state index in [1.807, 2.05) is 0 Å². The third kappa shape index (κ3) is 8.32. The van der Waals surface area contributed by atoms with Crippen LogP contribution >= 0.6 is 34.7 Å². The summed E-state index contributed by atoms with van der Waals surface area (Å²) in [5.74, 6) is -5.39. The number of carbonyl (C=O) groups is 5. The van der Waals surface area contributed by atoms with Crippen LogP contribution in [-0.4, -0.2) is 108 Å². The number of phenolic OH excluding ortho intramolecular Hbond substituents is 2. The number of β-lactam (4-membered cyclic amide) rings is 1. The highest BCUT2D eigenvalue weighted by Crippen LogP contribution is 2.46. The predicted octanol–water partition coefficient (Wildman–Crippen LogP) is 3.91. The van der Waals surface area contributed by atoms with Gasteiger partial charge < -0.3 is 35.1 Å². The zero-order chi connectivity index (χ0) is 37.1. The molecule has 0 radical (unpaired) electrons. The molecule has 3 aliphatic rings. The van der Waals surface area contributed by atoms with Crippen molar-refractivity contribution in [3.8, 4) is 11.5 Å². The Labute approximate surface area is 306 Å². The number of halogens is 1. The Hall–Kier alpha value is -4.19. The van der Waals surface area contributed by atoms with Gasteiger partial charge in [0.1, 0.15) is 17.9 Å². The summed E-state index contributed by atoms with van der Waals surface area (Å²) >= 11 is 8.55. The predicted molar refractivity (Wildman–Crippen MR) is 188 cm³/mol. The molecule has 2 aromatic rings. The van der Waals surface area contributed by atoms with Crippen molar-refractivity contribution in [3.63, 3.8) is 0 Å². The first kappa shape index (κ1) is 38.1. The number of carboxylic acids is 1. The number of thioether (sulfide) groups is 1.